The molecule has 3 atom stereocenters. The molecule has 0 spiro atoms. The largest absolute Gasteiger partial charge is 3.00 e. The maximum atomic E-state index is 11.7. The Kier molecular flexibility index (Phi) is 83.0. The molecule has 3 unspecified atom stereocenters. The number of carbonyl (C=O) groups is 6. The SMILES string of the molecule is CCCCCCCC/C=C\CCCCCCCCOCC(CC(=O)CC(=O)[O-])OC(C)C.CCCCCCCC/C=C\CCCCCCCCOCC(CC(=O)CC(=O)[O-])OC(C)C.CCCCCCCC/C=C\CCCCCCCCOCC(CC(=O)CC(=O)[O-])OC(C)C.[Al+3]. The van der Waals surface area contributed by atoms with Crippen LogP contribution in [-0.4, -0.2) is 129 Å². The fourth-order valence-corrected chi connectivity index (χ4v) is 11.1. The smallest absolute Gasteiger partial charge is 0.550 e. The van der Waals surface area contributed by atoms with Gasteiger partial charge in [-0.3, -0.25) is 14.4 Å². The molecule has 0 N–H and O–H groups in total. The van der Waals surface area contributed by atoms with Crippen molar-refractivity contribution >= 4 is 52.6 Å². The van der Waals surface area contributed by atoms with Gasteiger partial charge < -0.3 is 58.1 Å². The number of unbranched alkanes of at least 4 members (excludes halogenated alkanes) is 36. The van der Waals surface area contributed by atoms with Crippen molar-refractivity contribution in [2.45, 2.75) is 407 Å². The maximum Gasteiger partial charge on any atom is 3.00 e. The van der Waals surface area contributed by atoms with Gasteiger partial charge in [0.1, 0.15) is 17.3 Å². The molecule has 0 aliphatic rings. The fraction of sp³-hybridized carbons (Fsp3) is 0.852. The molecule has 97 heavy (non-hydrogen) atoms. The first-order valence-electron chi connectivity index (χ1n) is 39.1. The van der Waals surface area contributed by atoms with E-state index in [1.54, 1.807) is 0 Å². The summed E-state index contributed by atoms with van der Waals surface area (Å²) in [4.78, 5) is 66.7. The zero-order valence-corrected chi connectivity index (χ0v) is 65.0. The minimum Gasteiger partial charge on any atom is -0.550 e. The number of Topliss-reactive ketones (excluding diaryl/α,β-unsaturated/α-hetero) is 3. The van der Waals surface area contributed by atoms with E-state index in [9.17, 15) is 44.1 Å². The van der Waals surface area contributed by atoms with E-state index in [-0.39, 0.29) is 72.3 Å². The van der Waals surface area contributed by atoms with Crippen LogP contribution in [0.1, 0.15) is 371 Å². The second-order valence-electron chi connectivity index (χ2n) is 27.3. The monoisotopic (exact) mass is 1390 g/mol. The average molecular weight is 1390 g/mol. The molecule has 15 nitrogen and oxygen atoms in total. The number of ketones is 3. The third-order valence-corrected chi connectivity index (χ3v) is 16.1. The minimum atomic E-state index is -1.34. The molecular weight excluding hydrogens is 1240 g/mol. The van der Waals surface area contributed by atoms with Crippen LogP contribution in [0.2, 0.25) is 0 Å². The van der Waals surface area contributed by atoms with Crippen molar-refractivity contribution in [2.24, 2.45) is 0 Å². The first-order valence-corrected chi connectivity index (χ1v) is 39.1. The third kappa shape index (κ3) is 89.0. The van der Waals surface area contributed by atoms with E-state index >= 15 is 0 Å². The number of carboxylic acids is 3. The molecule has 0 aromatic rings. The first kappa shape index (κ1) is 100. The molecule has 0 radical (unpaired) electrons. The van der Waals surface area contributed by atoms with Crippen molar-refractivity contribution in [3.05, 3.63) is 36.5 Å². The van der Waals surface area contributed by atoms with Crippen LogP contribution < -0.4 is 15.3 Å². The maximum absolute atomic E-state index is 11.7. The Labute approximate surface area is 605 Å². The molecule has 0 aromatic heterocycles. The number of carboxylic acid groups (broad SMARTS) is 3. The van der Waals surface area contributed by atoms with Gasteiger partial charge in [0.15, 0.2) is 0 Å². The van der Waals surface area contributed by atoms with Gasteiger partial charge in [0.2, 0.25) is 0 Å². The summed E-state index contributed by atoms with van der Waals surface area (Å²) in [5.74, 6) is -5.17. The van der Waals surface area contributed by atoms with E-state index in [1.165, 1.54) is 231 Å². The first-order chi connectivity index (χ1) is 46.4. The molecule has 0 aliphatic heterocycles. The number of hydrogen-bond acceptors (Lipinski definition) is 15. The number of carbonyl (C=O) groups excluding carboxylic acids is 6. The molecule has 0 saturated carbocycles. The van der Waals surface area contributed by atoms with Gasteiger partial charge in [-0.25, -0.2) is 0 Å². The Hall–Kier alpha value is -3.07. The molecule has 0 fully saturated rings. The predicted octanol–water partition coefficient (Wildman–Crippen LogP) is 17.4. The molecule has 0 aliphatic carbocycles. The van der Waals surface area contributed by atoms with Gasteiger partial charge in [-0.15, -0.1) is 0 Å². The normalized spacial score (nSPS) is 12.5. The third-order valence-electron chi connectivity index (χ3n) is 16.1. The van der Waals surface area contributed by atoms with Crippen molar-refractivity contribution in [2.75, 3.05) is 39.6 Å². The van der Waals surface area contributed by atoms with E-state index in [0.717, 1.165) is 38.5 Å². The molecule has 0 amide bonds. The van der Waals surface area contributed by atoms with Crippen LogP contribution in [0.4, 0.5) is 0 Å². The fourth-order valence-electron chi connectivity index (χ4n) is 11.1. The minimum absolute atomic E-state index is 0. The topological polar surface area (TPSA) is 227 Å². The van der Waals surface area contributed by atoms with E-state index in [1.807, 2.05) is 41.5 Å². The number of allylic oxidation sites excluding steroid dienone is 6. The molecular formula is C81H147AlO15. The zero-order valence-electron chi connectivity index (χ0n) is 63.8. The van der Waals surface area contributed by atoms with Crippen LogP contribution in [0.3, 0.4) is 0 Å². The Morgan fingerprint density at radius 2 is 0.454 bits per heavy atom. The van der Waals surface area contributed by atoms with Gasteiger partial charge in [-0.2, -0.15) is 0 Å². The van der Waals surface area contributed by atoms with E-state index in [4.69, 9.17) is 28.4 Å². The summed E-state index contributed by atoms with van der Waals surface area (Å²) in [6.07, 6.45) is 64.8. The summed E-state index contributed by atoms with van der Waals surface area (Å²) >= 11 is 0. The van der Waals surface area contributed by atoms with Crippen molar-refractivity contribution in [3.63, 3.8) is 0 Å². The average Bonchev–Trinajstić information content (AvgIpc) is 1.75. The molecule has 0 bridgehead atoms. The second kappa shape index (κ2) is 80.2. The quantitative estimate of drug-likeness (QED) is 0.0239. The summed E-state index contributed by atoms with van der Waals surface area (Å²) in [6.45, 7) is 21.0. The van der Waals surface area contributed by atoms with Gasteiger partial charge in [0.05, 0.1) is 56.4 Å². The number of ether oxygens (including phenoxy) is 6. The summed E-state index contributed by atoms with van der Waals surface area (Å²) in [5, 5.41) is 31.6. The summed E-state index contributed by atoms with van der Waals surface area (Å²) < 4.78 is 34.0. The Morgan fingerprint density at radius 3 is 0.629 bits per heavy atom. The molecule has 16 heteroatoms. The Bertz CT molecular complexity index is 1630. The van der Waals surface area contributed by atoms with Crippen LogP contribution in [0, 0.1) is 0 Å². The van der Waals surface area contributed by atoms with E-state index in [0.29, 0.717) is 39.6 Å². The number of rotatable bonds is 72. The van der Waals surface area contributed by atoms with Gasteiger partial charge in [-0.1, -0.05) is 231 Å². The molecule has 0 saturated heterocycles. The van der Waals surface area contributed by atoms with Crippen LogP contribution in [-0.2, 0) is 57.2 Å². The molecule has 564 valence electrons. The molecule has 0 heterocycles. The van der Waals surface area contributed by atoms with Crippen molar-refractivity contribution in [1.82, 2.24) is 0 Å². The second-order valence-corrected chi connectivity index (χ2v) is 27.3. The molecule has 0 rings (SSSR count). The van der Waals surface area contributed by atoms with Crippen LogP contribution >= 0.6 is 0 Å². The van der Waals surface area contributed by atoms with E-state index in [2.05, 4.69) is 57.2 Å². The van der Waals surface area contributed by atoms with Gasteiger partial charge in [-0.05, 0) is 138 Å². The molecule has 0 aromatic carbocycles. The van der Waals surface area contributed by atoms with Crippen LogP contribution in [0.5, 0.6) is 0 Å². The van der Waals surface area contributed by atoms with Gasteiger partial charge in [0, 0.05) is 76.3 Å². The van der Waals surface area contributed by atoms with Crippen LogP contribution in [0.25, 0.3) is 0 Å². The zero-order chi connectivity index (χ0) is 71.6. The van der Waals surface area contributed by atoms with Crippen molar-refractivity contribution in [3.8, 4) is 0 Å². The summed E-state index contributed by atoms with van der Waals surface area (Å²) in [5.41, 5.74) is 0. The van der Waals surface area contributed by atoms with Crippen LogP contribution in [0.15, 0.2) is 36.5 Å². The number of aliphatic carboxylic acids is 3. The standard InChI is InChI=1S/3C27H50O5.Al/c3*1-4-5-6-7-8-9-10-11-12-13-14-15-16-17-18-19-20-31-23-26(32-24(2)3)21-25(28)22-27(29)30;/h3*11-12,24,26H,4-10,13-23H2,1-3H3,(H,29,30);/q;;;+3/p-3/b3*12-11-;. The predicted molar refractivity (Wildman–Crippen MR) is 394 cm³/mol. The number of hydrogen-bond donors (Lipinski definition) is 0. The van der Waals surface area contributed by atoms with Gasteiger partial charge >= 0.3 is 17.4 Å². The van der Waals surface area contributed by atoms with Gasteiger partial charge in [0.25, 0.3) is 0 Å². The summed E-state index contributed by atoms with van der Waals surface area (Å²) in [7, 11) is 0. The van der Waals surface area contributed by atoms with Crippen molar-refractivity contribution < 1.29 is 72.5 Å². The van der Waals surface area contributed by atoms with Crippen molar-refractivity contribution in [1.29, 1.82) is 0 Å². The van der Waals surface area contributed by atoms with E-state index < -0.39 is 55.5 Å². The Balaban J connectivity index is -0.000000665. The Morgan fingerprint density at radius 1 is 0.278 bits per heavy atom. The summed E-state index contributed by atoms with van der Waals surface area (Å²) in [6, 6.07) is 0.